The second kappa shape index (κ2) is 8.00. The van der Waals surface area contributed by atoms with Crippen LogP contribution in [0.1, 0.15) is 31.4 Å². The second-order valence-electron chi connectivity index (χ2n) is 5.02. The minimum absolute atomic E-state index is 0.0663. The fourth-order valence-electron chi connectivity index (χ4n) is 2.40. The monoisotopic (exact) mass is 293 g/mol. The molecular formula is C16H23NO4. The number of amides is 1. The molecule has 0 radical (unpaired) electrons. The molecule has 0 aliphatic carbocycles. The van der Waals surface area contributed by atoms with E-state index in [-0.39, 0.29) is 18.1 Å². The number of carbonyl (C=O) groups excluding carboxylic acids is 1. The van der Waals surface area contributed by atoms with Gasteiger partial charge in [-0.15, -0.1) is 0 Å². The van der Waals surface area contributed by atoms with Gasteiger partial charge in [0.15, 0.2) is 0 Å². The SMILES string of the molecule is CCOc1ccc(C(COC)NC(=O)C2CCCO2)cc1. The van der Waals surface area contributed by atoms with Crippen LogP contribution in [-0.4, -0.2) is 38.9 Å². The largest absolute Gasteiger partial charge is 0.494 e. The lowest BCUT2D eigenvalue weighted by Gasteiger charge is -2.20. The van der Waals surface area contributed by atoms with Gasteiger partial charge in [0.05, 0.1) is 19.3 Å². The van der Waals surface area contributed by atoms with Crippen LogP contribution < -0.4 is 10.1 Å². The van der Waals surface area contributed by atoms with Crippen molar-refractivity contribution < 1.29 is 19.0 Å². The molecule has 0 aromatic heterocycles. The molecule has 1 aromatic rings. The molecule has 2 rings (SSSR count). The van der Waals surface area contributed by atoms with Gasteiger partial charge in [0.1, 0.15) is 11.9 Å². The molecule has 1 saturated heterocycles. The zero-order valence-electron chi connectivity index (χ0n) is 12.6. The van der Waals surface area contributed by atoms with Crippen molar-refractivity contribution in [2.75, 3.05) is 26.9 Å². The van der Waals surface area contributed by atoms with Gasteiger partial charge in [0.25, 0.3) is 0 Å². The molecule has 1 heterocycles. The summed E-state index contributed by atoms with van der Waals surface area (Å²) in [6, 6.07) is 7.52. The summed E-state index contributed by atoms with van der Waals surface area (Å²) in [5.74, 6) is 0.756. The number of benzene rings is 1. The highest BCUT2D eigenvalue weighted by Gasteiger charge is 2.26. The molecule has 2 unspecified atom stereocenters. The van der Waals surface area contributed by atoms with Crippen LogP contribution in [0.5, 0.6) is 5.75 Å². The fraction of sp³-hybridized carbons (Fsp3) is 0.562. The molecule has 5 nitrogen and oxygen atoms in total. The predicted octanol–water partition coefficient (Wildman–Crippen LogP) is 2.07. The maximum Gasteiger partial charge on any atom is 0.249 e. The Balaban J connectivity index is 2.01. The van der Waals surface area contributed by atoms with E-state index >= 15 is 0 Å². The highest BCUT2D eigenvalue weighted by molar-refractivity contribution is 5.81. The van der Waals surface area contributed by atoms with Gasteiger partial charge in [-0.25, -0.2) is 0 Å². The quantitative estimate of drug-likeness (QED) is 0.836. The summed E-state index contributed by atoms with van der Waals surface area (Å²) in [4.78, 5) is 12.2. The molecule has 1 fully saturated rings. The first-order chi connectivity index (χ1) is 10.2. The van der Waals surface area contributed by atoms with Crippen LogP contribution in [0, 0.1) is 0 Å². The minimum atomic E-state index is -0.327. The summed E-state index contributed by atoms with van der Waals surface area (Å²) >= 11 is 0. The molecule has 1 aliphatic rings. The predicted molar refractivity (Wildman–Crippen MR) is 79.3 cm³/mol. The van der Waals surface area contributed by atoms with Crippen LogP contribution in [0.3, 0.4) is 0 Å². The normalized spacial score (nSPS) is 19.2. The molecule has 0 saturated carbocycles. The van der Waals surface area contributed by atoms with Gasteiger partial charge in [-0.1, -0.05) is 12.1 Å². The molecule has 116 valence electrons. The molecule has 1 amide bonds. The van der Waals surface area contributed by atoms with E-state index in [0.717, 1.165) is 24.2 Å². The zero-order chi connectivity index (χ0) is 15.1. The van der Waals surface area contributed by atoms with E-state index in [1.165, 1.54) is 0 Å². The van der Waals surface area contributed by atoms with Crippen molar-refractivity contribution >= 4 is 5.91 Å². The number of carbonyl (C=O) groups is 1. The van der Waals surface area contributed by atoms with Gasteiger partial charge in [-0.3, -0.25) is 4.79 Å². The van der Waals surface area contributed by atoms with E-state index in [9.17, 15) is 4.79 Å². The van der Waals surface area contributed by atoms with Gasteiger partial charge >= 0.3 is 0 Å². The Hall–Kier alpha value is -1.59. The lowest BCUT2D eigenvalue weighted by atomic mass is 10.1. The van der Waals surface area contributed by atoms with E-state index in [1.807, 2.05) is 31.2 Å². The van der Waals surface area contributed by atoms with Crippen molar-refractivity contribution in [3.8, 4) is 5.75 Å². The number of nitrogens with one attached hydrogen (secondary N) is 1. The van der Waals surface area contributed by atoms with Crippen molar-refractivity contribution in [1.29, 1.82) is 0 Å². The molecule has 1 aromatic carbocycles. The average molecular weight is 293 g/mol. The molecule has 21 heavy (non-hydrogen) atoms. The Morgan fingerprint density at radius 2 is 2.19 bits per heavy atom. The highest BCUT2D eigenvalue weighted by atomic mass is 16.5. The molecular weight excluding hydrogens is 270 g/mol. The van der Waals surface area contributed by atoms with Crippen LogP contribution in [0.25, 0.3) is 0 Å². The Morgan fingerprint density at radius 1 is 1.43 bits per heavy atom. The lowest BCUT2D eigenvalue weighted by Crippen LogP contribution is -2.38. The minimum Gasteiger partial charge on any atom is -0.494 e. The van der Waals surface area contributed by atoms with Crippen molar-refractivity contribution in [3.05, 3.63) is 29.8 Å². The van der Waals surface area contributed by atoms with E-state index < -0.39 is 0 Å². The molecule has 1 aliphatic heterocycles. The first kappa shape index (κ1) is 15.8. The Bertz CT molecular complexity index is 440. The van der Waals surface area contributed by atoms with Crippen molar-refractivity contribution in [2.24, 2.45) is 0 Å². The highest BCUT2D eigenvalue weighted by Crippen LogP contribution is 2.20. The van der Waals surface area contributed by atoms with E-state index in [0.29, 0.717) is 19.8 Å². The Morgan fingerprint density at radius 3 is 2.76 bits per heavy atom. The third-order valence-electron chi connectivity index (χ3n) is 3.47. The molecule has 5 heteroatoms. The number of methoxy groups -OCH3 is 1. The van der Waals surface area contributed by atoms with Crippen LogP contribution >= 0.6 is 0 Å². The van der Waals surface area contributed by atoms with E-state index in [4.69, 9.17) is 14.2 Å². The lowest BCUT2D eigenvalue weighted by molar-refractivity contribution is -0.131. The number of rotatable bonds is 7. The van der Waals surface area contributed by atoms with Crippen LogP contribution in [0.15, 0.2) is 24.3 Å². The maximum absolute atomic E-state index is 12.2. The molecule has 1 N–H and O–H groups in total. The van der Waals surface area contributed by atoms with Crippen LogP contribution in [0.4, 0.5) is 0 Å². The third-order valence-corrected chi connectivity index (χ3v) is 3.47. The Kier molecular flexibility index (Phi) is 6.02. The van der Waals surface area contributed by atoms with Crippen LogP contribution in [0.2, 0.25) is 0 Å². The average Bonchev–Trinajstić information content (AvgIpc) is 3.02. The first-order valence-electron chi connectivity index (χ1n) is 7.38. The van der Waals surface area contributed by atoms with Crippen LogP contribution in [-0.2, 0) is 14.3 Å². The Labute approximate surface area is 125 Å². The smallest absolute Gasteiger partial charge is 0.249 e. The standard InChI is InChI=1S/C16H23NO4/c1-3-20-13-8-6-12(7-9-13)14(11-19-2)17-16(18)15-5-4-10-21-15/h6-9,14-15H,3-5,10-11H2,1-2H3,(H,17,18). The third kappa shape index (κ3) is 4.44. The summed E-state index contributed by atoms with van der Waals surface area (Å²) in [6.07, 6.45) is 1.40. The summed E-state index contributed by atoms with van der Waals surface area (Å²) in [5, 5.41) is 3.00. The second-order valence-corrected chi connectivity index (χ2v) is 5.02. The maximum atomic E-state index is 12.2. The first-order valence-corrected chi connectivity index (χ1v) is 7.38. The van der Waals surface area contributed by atoms with E-state index in [1.54, 1.807) is 7.11 Å². The van der Waals surface area contributed by atoms with Gasteiger partial charge in [0.2, 0.25) is 5.91 Å². The molecule has 0 spiro atoms. The summed E-state index contributed by atoms with van der Waals surface area (Å²) < 4.78 is 16.0. The van der Waals surface area contributed by atoms with Gasteiger partial charge in [-0.05, 0) is 37.5 Å². The molecule has 0 bridgehead atoms. The van der Waals surface area contributed by atoms with E-state index in [2.05, 4.69) is 5.32 Å². The van der Waals surface area contributed by atoms with Crippen molar-refractivity contribution in [1.82, 2.24) is 5.32 Å². The number of hydrogen-bond donors (Lipinski definition) is 1. The van der Waals surface area contributed by atoms with Gasteiger partial charge < -0.3 is 19.5 Å². The van der Waals surface area contributed by atoms with Crippen molar-refractivity contribution in [2.45, 2.75) is 31.9 Å². The fourth-order valence-corrected chi connectivity index (χ4v) is 2.40. The summed E-state index contributed by atoms with van der Waals surface area (Å²) in [7, 11) is 1.62. The number of ether oxygens (including phenoxy) is 3. The van der Waals surface area contributed by atoms with Crippen molar-refractivity contribution in [3.63, 3.8) is 0 Å². The molecule has 2 atom stereocenters. The topological polar surface area (TPSA) is 56.8 Å². The van der Waals surface area contributed by atoms with Gasteiger partial charge in [-0.2, -0.15) is 0 Å². The number of hydrogen-bond acceptors (Lipinski definition) is 4. The summed E-state index contributed by atoms with van der Waals surface area (Å²) in [6.45, 7) is 3.67. The van der Waals surface area contributed by atoms with Gasteiger partial charge in [0, 0.05) is 13.7 Å². The zero-order valence-corrected chi connectivity index (χ0v) is 12.6. The summed E-state index contributed by atoms with van der Waals surface area (Å²) in [5.41, 5.74) is 0.992.